The fourth-order valence-corrected chi connectivity index (χ4v) is 2.33. The number of aromatic nitrogens is 2. The van der Waals surface area contributed by atoms with Crippen molar-refractivity contribution in [3.05, 3.63) is 32.6 Å². The van der Waals surface area contributed by atoms with Gasteiger partial charge in [0.25, 0.3) is 5.56 Å². The highest BCUT2D eigenvalue weighted by molar-refractivity contribution is 7.98. The first kappa shape index (κ1) is 15.8. The van der Waals surface area contributed by atoms with Crippen molar-refractivity contribution in [2.45, 2.75) is 39.2 Å². The van der Waals surface area contributed by atoms with Gasteiger partial charge in [-0.2, -0.15) is 11.8 Å². The van der Waals surface area contributed by atoms with Crippen LogP contribution in [0.3, 0.4) is 0 Å². The molecule has 6 heteroatoms. The highest BCUT2D eigenvalue weighted by Crippen LogP contribution is 2.04. The second kappa shape index (κ2) is 7.99. The number of carbonyl (C=O) groups excluding carboxylic acids is 1. The molecule has 106 valence electrons. The molecule has 0 aliphatic carbocycles. The number of Topliss-reactive ketones (excluding diaryl/α,β-unsaturated/α-hetero) is 1. The smallest absolute Gasteiger partial charge is 0.313 e. The van der Waals surface area contributed by atoms with Gasteiger partial charge in [-0.15, -0.1) is 0 Å². The number of H-pyrrole nitrogens is 1. The van der Waals surface area contributed by atoms with Crippen molar-refractivity contribution in [3.63, 3.8) is 0 Å². The fourth-order valence-electron chi connectivity index (χ4n) is 1.84. The van der Waals surface area contributed by atoms with Gasteiger partial charge in [0.1, 0.15) is 0 Å². The zero-order valence-corrected chi connectivity index (χ0v) is 12.2. The lowest BCUT2D eigenvalue weighted by Gasteiger charge is -2.05. The number of hydrogen-bond donors (Lipinski definition) is 1. The summed E-state index contributed by atoms with van der Waals surface area (Å²) in [6.07, 6.45) is 7.28. The maximum absolute atomic E-state index is 11.9. The van der Waals surface area contributed by atoms with Gasteiger partial charge in [-0.1, -0.05) is 12.8 Å². The van der Waals surface area contributed by atoms with Gasteiger partial charge in [0, 0.05) is 12.7 Å². The molecule has 1 aromatic heterocycles. The minimum Gasteiger partial charge on any atom is -0.313 e. The lowest BCUT2D eigenvalue weighted by atomic mass is 10.2. The van der Waals surface area contributed by atoms with Gasteiger partial charge in [-0.25, -0.2) is 4.79 Å². The number of hydrogen-bond acceptors (Lipinski definition) is 4. The van der Waals surface area contributed by atoms with Gasteiger partial charge < -0.3 is 4.98 Å². The van der Waals surface area contributed by atoms with Crippen LogP contribution in [0.4, 0.5) is 0 Å². The van der Waals surface area contributed by atoms with E-state index in [-0.39, 0.29) is 11.3 Å². The first-order valence-corrected chi connectivity index (χ1v) is 7.79. The first-order chi connectivity index (χ1) is 9.07. The van der Waals surface area contributed by atoms with Crippen LogP contribution in [0.25, 0.3) is 0 Å². The molecule has 0 aliphatic rings. The van der Waals surface area contributed by atoms with Crippen LogP contribution in [-0.4, -0.2) is 27.3 Å². The second-order valence-electron chi connectivity index (χ2n) is 4.43. The normalized spacial score (nSPS) is 10.6. The summed E-state index contributed by atoms with van der Waals surface area (Å²) < 4.78 is 1.12. The number of thioether (sulfide) groups is 1. The topological polar surface area (TPSA) is 71.9 Å². The van der Waals surface area contributed by atoms with E-state index in [4.69, 9.17) is 0 Å². The zero-order chi connectivity index (χ0) is 14.3. The Kier molecular flexibility index (Phi) is 6.62. The molecule has 0 spiro atoms. The quantitative estimate of drug-likeness (QED) is 0.582. The molecule has 1 rings (SSSR count). The molecule has 1 heterocycles. The minimum atomic E-state index is -0.486. The van der Waals surface area contributed by atoms with Crippen LogP contribution in [0.1, 0.15) is 43.0 Å². The molecule has 0 fully saturated rings. The number of nitrogens with zero attached hydrogens (tertiary/aromatic N) is 1. The summed E-state index contributed by atoms with van der Waals surface area (Å²) in [5.41, 5.74) is -0.888. The molecular weight excluding hydrogens is 264 g/mol. The van der Waals surface area contributed by atoms with Crippen molar-refractivity contribution in [2.75, 3.05) is 12.0 Å². The van der Waals surface area contributed by atoms with E-state index in [0.717, 1.165) is 36.0 Å². The zero-order valence-electron chi connectivity index (χ0n) is 11.4. The summed E-state index contributed by atoms with van der Waals surface area (Å²) in [5.74, 6) is 0.815. The second-order valence-corrected chi connectivity index (χ2v) is 5.41. The molecule has 19 heavy (non-hydrogen) atoms. The van der Waals surface area contributed by atoms with Gasteiger partial charge in [0.15, 0.2) is 5.78 Å². The summed E-state index contributed by atoms with van der Waals surface area (Å²) in [5, 5.41) is 0. The number of aromatic amines is 1. The molecule has 0 amide bonds. The summed E-state index contributed by atoms with van der Waals surface area (Å²) >= 11 is 1.82. The third kappa shape index (κ3) is 4.70. The molecule has 1 N–H and O–H groups in total. The molecule has 0 saturated carbocycles. The van der Waals surface area contributed by atoms with E-state index in [1.165, 1.54) is 13.1 Å². The van der Waals surface area contributed by atoms with E-state index in [1.807, 2.05) is 11.8 Å². The Hall–Kier alpha value is -1.30. The van der Waals surface area contributed by atoms with Crippen LogP contribution in [0.5, 0.6) is 0 Å². The third-order valence-corrected chi connectivity index (χ3v) is 3.62. The number of carbonyl (C=O) groups is 1. The summed E-state index contributed by atoms with van der Waals surface area (Å²) in [7, 11) is 0. The summed E-state index contributed by atoms with van der Waals surface area (Å²) in [6, 6.07) is 0. The van der Waals surface area contributed by atoms with E-state index in [2.05, 4.69) is 11.2 Å². The largest absolute Gasteiger partial charge is 0.328 e. The Morgan fingerprint density at radius 1 is 1.26 bits per heavy atom. The SMILES string of the molecule is CSCCCCCCn1c(=O)[nH]cc(C(C)=O)c1=O. The lowest BCUT2D eigenvalue weighted by molar-refractivity contribution is 0.101. The van der Waals surface area contributed by atoms with Crippen molar-refractivity contribution in [1.82, 2.24) is 9.55 Å². The molecule has 0 radical (unpaired) electrons. The Labute approximate surface area is 116 Å². The average Bonchev–Trinajstić information content (AvgIpc) is 2.36. The van der Waals surface area contributed by atoms with Crippen molar-refractivity contribution in [2.24, 2.45) is 0 Å². The maximum Gasteiger partial charge on any atom is 0.328 e. The van der Waals surface area contributed by atoms with Crippen molar-refractivity contribution < 1.29 is 4.79 Å². The molecule has 1 aromatic rings. The standard InChI is InChI=1S/C13H20N2O3S/c1-10(16)11-9-14-13(18)15(12(11)17)7-5-3-4-6-8-19-2/h9H,3-8H2,1-2H3,(H,14,18). The molecule has 0 saturated heterocycles. The number of rotatable bonds is 8. The van der Waals surface area contributed by atoms with E-state index in [9.17, 15) is 14.4 Å². The Bertz CT molecular complexity index is 533. The molecule has 0 bridgehead atoms. The predicted molar refractivity (Wildman–Crippen MR) is 78.2 cm³/mol. The van der Waals surface area contributed by atoms with Crippen LogP contribution < -0.4 is 11.2 Å². The maximum atomic E-state index is 11.9. The number of unbranched alkanes of at least 4 members (excludes halogenated alkanes) is 3. The highest BCUT2D eigenvalue weighted by Gasteiger charge is 2.10. The van der Waals surface area contributed by atoms with Gasteiger partial charge in [-0.05, 0) is 31.8 Å². The minimum absolute atomic E-state index is 0.0435. The molecule has 0 unspecified atom stereocenters. The first-order valence-electron chi connectivity index (χ1n) is 6.40. The van der Waals surface area contributed by atoms with Gasteiger partial charge in [0.2, 0.25) is 0 Å². The summed E-state index contributed by atoms with van der Waals surface area (Å²) in [6.45, 7) is 1.69. The molecule has 0 aliphatic heterocycles. The van der Waals surface area contributed by atoms with E-state index < -0.39 is 11.2 Å². The third-order valence-electron chi connectivity index (χ3n) is 2.92. The van der Waals surface area contributed by atoms with Gasteiger partial charge >= 0.3 is 5.69 Å². The van der Waals surface area contributed by atoms with Crippen molar-refractivity contribution in [1.29, 1.82) is 0 Å². The predicted octanol–water partition coefficient (Wildman–Crippen LogP) is 1.66. The van der Waals surface area contributed by atoms with Gasteiger partial charge in [0.05, 0.1) is 5.56 Å². The fraction of sp³-hybridized carbons (Fsp3) is 0.615. The van der Waals surface area contributed by atoms with E-state index in [0.29, 0.717) is 6.54 Å². The lowest BCUT2D eigenvalue weighted by Crippen LogP contribution is -2.37. The highest BCUT2D eigenvalue weighted by atomic mass is 32.2. The summed E-state index contributed by atoms with van der Waals surface area (Å²) in [4.78, 5) is 37.2. The Morgan fingerprint density at radius 2 is 1.95 bits per heavy atom. The van der Waals surface area contributed by atoms with Gasteiger partial charge in [-0.3, -0.25) is 14.2 Å². The average molecular weight is 284 g/mol. The monoisotopic (exact) mass is 284 g/mol. The van der Waals surface area contributed by atoms with Crippen LogP contribution >= 0.6 is 11.8 Å². The van der Waals surface area contributed by atoms with Crippen LogP contribution in [-0.2, 0) is 6.54 Å². The molecule has 5 nitrogen and oxygen atoms in total. The van der Waals surface area contributed by atoms with Crippen LogP contribution in [0.2, 0.25) is 0 Å². The van der Waals surface area contributed by atoms with E-state index >= 15 is 0 Å². The Balaban J connectivity index is 2.63. The molecule has 0 atom stereocenters. The van der Waals surface area contributed by atoms with Crippen molar-refractivity contribution >= 4 is 17.5 Å². The number of nitrogens with one attached hydrogen (secondary N) is 1. The Morgan fingerprint density at radius 3 is 2.58 bits per heavy atom. The number of ketones is 1. The van der Waals surface area contributed by atoms with E-state index in [1.54, 1.807) is 0 Å². The van der Waals surface area contributed by atoms with Crippen LogP contribution in [0.15, 0.2) is 15.8 Å². The molecular formula is C13H20N2O3S. The molecule has 0 aromatic carbocycles. The van der Waals surface area contributed by atoms with Crippen LogP contribution in [0, 0.1) is 0 Å². The van der Waals surface area contributed by atoms with Crippen molar-refractivity contribution in [3.8, 4) is 0 Å².